The third kappa shape index (κ3) is 5.17. The molecule has 0 fully saturated rings. The summed E-state index contributed by atoms with van der Waals surface area (Å²) in [6.07, 6.45) is 0. The van der Waals surface area contributed by atoms with Crippen molar-refractivity contribution in [2.75, 3.05) is 23.8 Å². The van der Waals surface area contributed by atoms with Gasteiger partial charge in [0.2, 0.25) is 5.91 Å². The summed E-state index contributed by atoms with van der Waals surface area (Å²) in [6.45, 7) is 3.55. The molecule has 0 spiro atoms. The van der Waals surface area contributed by atoms with Gasteiger partial charge in [0.15, 0.2) is 5.78 Å². The quantitative estimate of drug-likeness (QED) is 0.597. The van der Waals surface area contributed by atoms with Gasteiger partial charge in [0.05, 0.1) is 24.4 Å². The Kier molecular flexibility index (Phi) is 6.28. The van der Waals surface area contributed by atoms with Crippen molar-refractivity contribution in [1.29, 1.82) is 0 Å². The molecule has 130 valence electrons. The van der Waals surface area contributed by atoms with E-state index < -0.39 is 0 Å². The molecule has 0 atom stereocenters. The molecule has 0 bridgehead atoms. The first-order valence-electron chi connectivity index (χ1n) is 7.92. The Morgan fingerprint density at radius 1 is 1.00 bits per heavy atom. The van der Waals surface area contributed by atoms with Gasteiger partial charge in [0, 0.05) is 11.3 Å². The van der Waals surface area contributed by atoms with Gasteiger partial charge in [-0.25, -0.2) is 4.79 Å². The van der Waals surface area contributed by atoms with E-state index >= 15 is 0 Å². The summed E-state index contributed by atoms with van der Waals surface area (Å²) in [4.78, 5) is 35.2. The average molecular weight is 340 g/mol. The van der Waals surface area contributed by atoms with Crippen LogP contribution in [0.15, 0.2) is 48.5 Å². The van der Waals surface area contributed by atoms with Gasteiger partial charge in [-0.2, -0.15) is 0 Å². The van der Waals surface area contributed by atoms with E-state index in [2.05, 4.69) is 10.6 Å². The fraction of sp³-hybridized carbons (Fsp3) is 0.211. The van der Waals surface area contributed by atoms with E-state index in [-0.39, 0.29) is 24.2 Å². The summed E-state index contributed by atoms with van der Waals surface area (Å²) >= 11 is 0. The van der Waals surface area contributed by atoms with Crippen molar-refractivity contribution >= 4 is 29.0 Å². The Morgan fingerprint density at radius 3 is 2.32 bits per heavy atom. The summed E-state index contributed by atoms with van der Waals surface area (Å²) in [5.74, 6) is -0.769. The van der Waals surface area contributed by atoms with E-state index in [1.165, 1.54) is 6.92 Å². The highest BCUT2D eigenvalue weighted by molar-refractivity contribution is 6.04. The lowest BCUT2D eigenvalue weighted by Crippen LogP contribution is -2.22. The number of para-hydroxylation sites is 1. The largest absolute Gasteiger partial charge is 0.462 e. The van der Waals surface area contributed by atoms with Crippen LogP contribution < -0.4 is 10.6 Å². The number of amides is 1. The Balaban J connectivity index is 1.92. The summed E-state index contributed by atoms with van der Waals surface area (Å²) in [6, 6.07) is 13.5. The molecule has 0 aliphatic carbocycles. The van der Waals surface area contributed by atoms with Crippen LogP contribution in [-0.4, -0.2) is 30.8 Å². The third-order valence-corrected chi connectivity index (χ3v) is 3.43. The Hall–Kier alpha value is -3.15. The zero-order chi connectivity index (χ0) is 18.2. The maximum Gasteiger partial charge on any atom is 0.338 e. The minimum atomic E-state index is -0.382. The Labute approximate surface area is 146 Å². The van der Waals surface area contributed by atoms with Gasteiger partial charge in [-0.05, 0) is 50.2 Å². The van der Waals surface area contributed by atoms with Gasteiger partial charge < -0.3 is 15.4 Å². The van der Waals surface area contributed by atoms with Crippen molar-refractivity contribution < 1.29 is 19.1 Å². The third-order valence-electron chi connectivity index (χ3n) is 3.43. The predicted octanol–water partition coefficient (Wildman–Crippen LogP) is 3.12. The van der Waals surface area contributed by atoms with E-state index in [1.807, 2.05) is 0 Å². The molecule has 2 N–H and O–H groups in total. The van der Waals surface area contributed by atoms with E-state index in [4.69, 9.17) is 4.74 Å². The maximum atomic E-state index is 12.1. The molecule has 2 rings (SSSR count). The first-order chi connectivity index (χ1) is 12.0. The van der Waals surface area contributed by atoms with E-state index in [1.54, 1.807) is 55.5 Å². The summed E-state index contributed by atoms with van der Waals surface area (Å²) in [5.41, 5.74) is 2.10. The van der Waals surface area contributed by atoms with Gasteiger partial charge in [-0.15, -0.1) is 0 Å². The van der Waals surface area contributed by atoms with Crippen molar-refractivity contribution in [3.05, 3.63) is 59.7 Å². The molecule has 6 heteroatoms. The smallest absolute Gasteiger partial charge is 0.338 e. The van der Waals surface area contributed by atoms with Crippen LogP contribution in [0.5, 0.6) is 0 Å². The SMILES string of the molecule is CCOC(=O)c1ccc(NCC(=O)Nc2ccccc2C(C)=O)cc1. The molecule has 0 saturated carbocycles. The number of ether oxygens (including phenoxy) is 1. The molecule has 2 aromatic carbocycles. The fourth-order valence-electron chi connectivity index (χ4n) is 2.21. The number of rotatable bonds is 7. The van der Waals surface area contributed by atoms with Crippen molar-refractivity contribution in [3.8, 4) is 0 Å². The van der Waals surface area contributed by atoms with Crippen molar-refractivity contribution in [2.24, 2.45) is 0 Å². The van der Waals surface area contributed by atoms with E-state index in [0.29, 0.717) is 29.1 Å². The number of hydrogen-bond acceptors (Lipinski definition) is 5. The number of nitrogens with one attached hydrogen (secondary N) is 2. The molecule has 6 nitrogen and oxygen atoms in total. The predicted molar refractivity (Wildman–Crippen MR) is 96.0 cm³/mol. The lowest BCUT2D eigenvalue weighted by Gasteiger charge is -2.10. The van der Waals surface area contributed by atoms with Crippen LogP contribution in [0.4, 0.5) is 11.4 Å². The lowest BCUT2D eigenvalue weighted by molar-refractivity contribution is -0.114. The highest BCUT2D eigenvalue weighted by Gasteiger charge is 2.10. The zero-order valence-electron chi connectivity index (χ0n) is 14.2. The monoisotopic (exact) mass is 340 g/mol. The van der Waals surface area contributed by atoms with Gasteiger partial charge >= 0.3 is 5.97 Å². The van der Waals surface area contributed by atoms with E-state index in [0.717, 1.165) is 0 Å². The minimum Gasteiger partial charge on any atom is -0.462 e. The molecule has 0 unspecified atom stereocenters. The fourth-order valence-corrected chi connectivity index (χ4v) is 2.21. The van der Waals surface area contributed by atoms with Gasteiger partial charge in [-0.1, -0.05) is 12.1 Å². The lowest BCUT2D eigenvalue weighted by atomic mass is 10.1. The number of carbonyl (C=O) groups excluding carboxylic acids is 3. The van der Waals surface area contributed by atoms with Crippen LogP contribution >= 0.6 is 0 Å². The maximum absolute atomic E-state index is 12.1. The summed E-state index contributed by atoms with van der Waals surface area (Å²) in [7, 11) is 0. The molecule has 0 heterocycles. The van der Waals surface area contributed by atoms with Gasteiger partial charge in [0.1, 0.15) is 0 Å². The number of anilines is 2. The molecular weight excluding hydrogens is 320 g/mol. The number of esters is 1. The van der Waals surface area contributed by atoms with E-state index in [9.17, 15) is 14.4 Å². The molecular formula is C19H20N2O4. The second-order valence-electron chi connectivity index (χ2n) is 5.30. The van der Waals surface area contributed by atoms with Crippen LogP contribution in [0.1, 0.15) is 34.6 Å². The number of Topliss-reactive ketones (excluding diaryl/α,β-unsaturated/α-hetero) is 1. The number of carbonyl (C=O) groups is 3. The first-order valence-corrected chi connectivity index (χ1v) is 7.92. The first kappa shape index (κ1) is 18.2. The van der Waals surface area contributed by atoms with Crippen LogP contribution in [-0.2, 0) is 9.53 Å². The number of ketones is 1. The molecule has 25 heavy (non-hydrogen) atoms. The second-order valence-corrected chi connectivity index (χ2v) is 5.30. The molecule has 0 aromatic heterocycles. The summed E-state index contributed by atoms with van der Waals surface area (Å²) in [5, 5.41) is 5.67. The zero-order valence-corrected chi connectivity index (χ0v) is 14.2. The van der Waals surface area contributed by atoms with Crippen LogP contribution in [0.25, 0.3) is 0 Å². The second kappa shape index (κ2) is 8.63. The molecule has 2 aromatic rings. The molecule has 0 saturated heterocycles. The van der Waals surface area contributed by atoms with Crippen molar-refractivity contribution in [3.63, 3.8) is 0 Å². The van der Waals surface area contributed by atoms with Crippen molar-refractivity contribution in [1.82, 2.24) is 0 Å². The van der Waals surface area contributed by atoms with Crippen LogP contribution in [0.2, 0.25) is 0 Å². The summed E-state index contributed by atoms with van der Waals surface area (Å²) < 4.78 is 4.91. The Bertz CT molecular complexity index is 769. The molecule has 1 amide bonds. The Morgan fingerprint density at radius 2 is 1.68 bits per heavy atom. The molecule has 0 aliphatic heterocycles. The number of benzene rings is 2. The van der Waals surface area contributed by atoms with Crippen LogP contribution in [0, 0.1) is 0 Å². The highest BCUT2D eigenvalue weighted by atomic mass is 16.5. The average Bonchev–Trinajstić information content (AvgIpc) is 2.61. The normalized spacial score (nSPS) is 10.0. The minimum absolute atomic E-state index is 0.0327. The van der Waals surface area contributed by atoms with Crippen LogP contribution in [0.3, 0.4) is 0 Å². The molecule has 0 radical (unpaired) electrons. The topological polar surface area (TPSA) is 84.5 Å². The standard InChI is InChI=1S/C19H20N2O4/c1-3-25-19(24)14-8-10-15(11-9-14)20-12-18(23)21-17-7-5-4-6-16(17)13(2)22/h4-11,20H,3,12H2,1-2H3,(H,21,23). The highest BCUT2D eigenvalue weighted by Crippen LogP contribution is 2.15. The van der Waals surface area contributed by atoms with Gasteiger partial charge in [0.25, 0.3) is 0 Å². The van der Waals surface area contributed by atoms with Crippen molar-refractivity contribution in [2.45, 2.75) is 13.8 Å². The van der Waals surface area contributed by atoms with Gasteiger partial charge in [-0.3, -0.25) is 9.59 Å². The molecule has 0 aliphatic rings. The number of hydrogen-bond donors (Lipinski definition) is 2.